The maximum absolute atomic E-state index is 6.18. The second-order valence-corrected chi connectivity index (χ2v) is 5.79. The highest BCUT2D eigenvalue weighted by atomic mass is 16.5. The van der Waals surface area contributed by atoms with Crippen LogP contribution in [0.15, 0.2) is 71.1 Å². The third-order valence-electron chi connectivity index (χ3n) is 4.57. The van der Waals surface area contributed by atoms with Crippen LogP contribution in [-0.4, -0.2) is 7.11 Å². The topological polar surface area (TPSA) is 22.4 Å². The minimum absolute atomic E-state index is 0.811. The van der Waals surface area contributed by atoms with E-state index in [9.17, 15) is 0 Å². The smallest absolute Gasteiger partial charge is 0.143 e. The van der Waals surface area contributed by atoms with Gasteiger partial charge in [-0.05, 0) is 40.4 Å². The van der Waals surface area contributed by atoms with Gasteiger partial charge < -0.3 is 9.15 Å². The Bertz CT molecular complexity index is 1200. The maximum atomic E-state index is 6.18. The number of ether oxygens (including phenoxy) is 1. The summed E-state index contributed by atoms with van der Waals surface area (Å²) < 4.78 is 11.5. The number of hydrogen-bond donors (Lipinski definition) is 0. The molecule has 0 bridgehead atoms. The third kappa shape index (κ3) is 1.69. The Balaban J connectivity index is 1.97. The van der Waals surface area contributed by atoms with Crippen molar-refractivity contribution in [2.75, 3.05) is 7.11 Å². The lowest BCUT2D eigenvalue weighted by Gasteiger charge is -2.04. The van der Waals surface area contributed by atoms with Gasteiger partial charge in [-0.1, -0.05) is 36.4 Å². The number of hydrogen-bond acceptors (Lipinski definition) is 2. The zero-order valence-electron chi connectivity index (χ0n) is 12.7. The van der Waals surface area contributed by atoms with E-state index in [4.69, 9.17) is 9.15 Å². The summed E-state index contributed by atoms with van der Waals surface area (Å²) in [4.78, 5) is 0. The summed E-state index contributed by atoms with van der Waals surface area (Å²) in [5.74, 6) is 0.811. The standard InChI is InChI=1S/C21H14O2/c1-22-14-7-9-17-19-11-10-16-15-5-3-2-4-13(15)6-8-18(16)21(19)23-20(17)12-14/h2-12H,1H3. The van der Waals surface area contributed by atoms with Crippen LogP contribution >= 0.6 is 0 Å². The van der Waals surface area contributed by atoms with Crippen LogP contribution in [0.5, 0.6) is 5.75 Å². The molecule has 0 fully saturated rings. The highest BCUT2D eigenvalue weighted by Gasteiger charge is 2.12. The van der Waals surface area contributed by atoms with E-state index in [-0.39, 0.29) is 0 Å². The highest BCUT2D eigenvalue weighted by Crippen LogP contribution is 2.37. The van der Waals surface area contributed by atoms with Gasteiger partial charge in [0, 0.05) is 22.2 Å². The number of benzene rings is 4. The van der Waals surface area contributed by atoms with E-state index in [1.165, 1.54) is 16.2 Å². The van der Waals surface area contributed by atoms with Gasteiger partial charge >= 0.3 is 0 Å². The third-order valence-corrected chi connectivity index (χ3v) is 4.57. The quantitative estimate of drug-likeness (QED) is 0.359. The molecule has 0 aliphatic carbocycles. The first-order chi connectivity index (χ1) is 11.3. The van der Waals surface area contributed by atoms with E-state index in [2.05, 4.69) is 54.6 Å². The van der Waals surface area contributed by atoms with E-state index in [0.717, 1.165) is 33.1 Å². The van der Waals surface area contributed by atoms with Gasteiger partial charge in [0.1, 0.15) is 16.9 Å². The van der Waals surface area contributed by atoms with Gasteiger partial charge in [-0.3, -0.25) is 0 Å². The van der Waals surface area contributed by atoms with E-state index in [1.54, 1.807) is 7.11 Å². The normalized spacial score (nSPS) is 11.7. The van der Waals surface area contributed by atoms with Crippen molar-refractivity contribution in [2.45, 2.75) is 0 Å². The molecule has 5 aromatic rings. The molecular weight excluding hydrogens is 284 g/mol. The zero-order valence-corrected chi connectivity index (χ0v) is 12.7. The Kier molecular flexibility index (Phi) is 2.45. The maximum Gasteiger partial charge on any atom is 0.143 e. The molecule has 0 aliphatic rings. The molecule has 0 N–H and O–H groups in total. The SMILES string of the molecule is COc1ccc2c(c1)oc1c2ccc2c3ccccc3ccc21. The van der Waals surface area contributed by atoms with E-state index in [1.807, 2.05) is 12.1 Å². The zero-order chi connectivity index (χ0) is 15.4. The van der Waals surface area contributed by atoms with Gasteiger partial charge in [0.25, 0.3) is 0 Å². The van der Waals surface area contributed by atoms with Crippen LogP contribution in [0.1, 0.15) is 0 Å². The van der Waals surface area contributed by atoms with Gasteiger partial charge in [0.05, 0.1) is 7.11 Å². The predicted molar refractivity (Wildman–Crippen MR) is 95.3 cm³/mol. The Labute approximate surface area is 132 Å². The summed E-state index contributed by atoms with van der Waals surface area (Å²) in [6.07, 6.45) is 0. The molecule has 23 heavy (non-hydrogen) atoms. The summed E-state index contributed by atoms with van der Waals surface area (Å²) in [6, 6.07) is 23.1. The lowest BCUT2D eigenvalue weighted by atomic mass is 10.00. The van der Waals surface area contributed by atoms with Crippen molar-refractivity contribution in [3.8, 4) is 5.75 Å². The molecule has 4 aromatic carbocycles. The number of fused-ring (bicyclic) bond motifs is 7. The molecule has 0 saturated heterocycles. The molecule has 5 rings (SSSR count). The molecular formula is C21H14O2. The van der Waals surface area contributed by atoms with Crippen molar-refractivity contribution in [3.05, 3.63) is 66.7 Å². The molecule has 1 heterocycles. The number of rotatable bonds is 1. The fraction of sp³-hybridized carbons (Fsp3) is 0.0476. The second kappa shape index (κ2) is 4.50. The van der Waals surface area contributed by atoms with Crippen molar-refractivity contribution >= 4 is 43.5 Å². The molecule has 0 unspecified atom stereocenters. The van der Waals surface area contributed by atoms with E-state index < -0.39 is 0 Å². The Hall–Kier alpha value is -3.00. The predicted octanol–water partition coefficient (Wildman–Crippen LogP) is 5.90. The van der Waals surface area contributed by atoms with Crippen molar-refractivity contribution in [1.82, 2.24) is 0 Å². The summed E-state index contributed by atoms with van der Waals surface area (Å²) in [7, 11) is 1.67. The highest BCUT2D eigenvalue weighted by molar-refractivity contribution is 6.20. The Morgan fingerprint density at radius 1 is 0.696 bits per heavy atom. The van der Waals surface area contributed by atoms with Gasteiger partial charge in [0.2, 0.25) is 0 Å². The number of methoxy groups -OCH3 is 1. The molecule has 0 aliphatic heterocycles. The molecule has 2 nitrogen and oxygen atoms in total. The van der Waals surface area contributed by atoms with Crippen LogP contribution in [0.25, 0.3) is 43.5 Å². The molecule has 0 amide bonds. The van der Waals surface area contributed by atoms with E-state index >= 15 is 0 Å². The minimum atomic E-state index is 0.811. The summed E-state index contributed by atoms with van der Waals surface area (Å²) >= 11 is 0. The van der Waals surface area contributed by atoms with E-state index in [0.29, 0.717) is 0 Å². The van der Waals surface area contributed by atoms with Gasteiger partial charge in [-0.25, -0.2) is 0 Å². The minimum Gasteiger partial charge on any atom is -0.497 e. The van der Waals surface area contributed by atoms with Gasteiger partial charge in [-0.15, -0.1) is 0 Å². The average Bonchev–Trinajstić information content (AvgIpc) is 2.99. The number of furan rings is 1. The van der Waals surface area contributed by atoms with Crippen molar-refractivity contribution in [3.63, 3.8) is 0 Å². The summed E-state index contributed by atoms with van der Waals surface area (Å²) in [5.41, 5.74) is 1.80. The van der Waals surface area contributed by atoms with Gasteiger partial charge in [0.15, 0.2) is 0 Å². The second-order valence-electron chi connectivity index (χ2n) is 5.79. The van der Waals surface area contributed by atoms with Crippen LogP contribution in [-0.2, 0) is 0 Å². The Morgan fingerprint density at radius 2 is 1.43 bits per heavy atom. The van der Waals surface area contributed by atoms with Crippen LogP contribution in [0.2, 0.25) is 0 Å². The summed E-state index contributed by atoms with van der Waals surface area (Å²) in [5, 5.41) is 7.14. The average molecular weight is 298 g/mol. The van der Waals surface area contributed by atoms with Crippen LogP contribution in [0.4, 0.5) is 0 Å². The largest absolute Gasteiger partial charge is 0.497 e. The van der Waals surface area contributed by atoms with Gasteiger partial charge in [-0.2, -0.15) is 0 Å². The lowest BCUT2D eigenvalue weighted by Crippen LogP contribution is -1.80. The first kappa shape index (κ1) is 12.5. The molecule has 0 saturated carbocycles. The van der Waals surface area contributed by atoms with Crippen LogP contribution in [0, 0.1) is 0 Å². The molecule has 0 spiro atoms. The first-order valence-corrected chi connectivity index (χ1v) is 7.66. The molecule has 0 radical (unpaired) electrons. The summed E-state index contributed by atoms with van der Waals surface area (Å²) in [6.45, 7) is 0. The molecule has 2 heteroatoms. The fourth-order valence-corrected chi connectivity index (χ4v) is 3.43. The lowest BCUT2D eigenvalue weighted by molar-refractivity contribution is 0.414. The first-order valence-electron chi connectivity index (χ1n) is 7.66. The van der Waals surface area contributed by atoms with Crippen molar-refractivity contribution in [1.29, 1.82) is 0 Å². The molecule has 0 atom stereocenters. The molecule has 1 aromatic heterocycles. The monoisotopic (exact) mass is 298 g/mol. The Morgan fingerprint density at radius 3 is 2.35 bits per heavy atom. The van der Waals surface area contributed by atoms with Crippen molar-refractivity contribution in [2.24, 2.45) is 0 Å². The van der Waals surface area contributed by atoms with Crippen molar-refractivity contribution < 1.29 is 9.15 Å². The fourth-order valence-electron chi connectivity index (χ4n) is 3.43. The van der Waals surface area contributed by atoms with Crippen LogP contribution in [0.3, 0.4) is 0 Å². The molecule has 110 valence electrons. The van der Waals surface area contributed by atoms with Crippen LogP contribution < -0.4 is 4.74 Å².